The van der Waals surface area contributed by atoms with Crippen molar-refractivity contribution in [1.82, 2.24) is 4.90 Å². The zero-order chi connectivity index (χ0) is 14.9. The Morgan fingerprint density at radius 3 is 2.55 bits per heavy atom. The fourth-order valence-corrected chi connectivity index (χ4v) is 2.87. The summed E-state index contributed by atoms with van der Waals surface area (Å²) in [6.07, 6.45) is 1.65. The fraction of sp³-hybridized carbons (Fsp3) is 0.500. The highest BCUT2D eigenvalue weighted by atomic mass is 16.5. The number of likely N-dealkylation sites (tertiary alicyclic amines) is 1. The second-order valence-corrected chi connectivity index (χ2v) is 5.37. The highest BCUT2D eigenvalue weighted by Gasteiger charge is 2.33. The van der Waals surface area contributed by atoms with Crippen molar-refractivity contribution in [1.29, 1.82) is 0 Å². The number of benzene rings is 1. The Morgan fingerprint density at radius 1 is 1.25 bits per heavy atom. The molecule has 1 unspecified atom stereocenters. The van der Waals surface area contributed by atoms with Crippen LogP contribution in [0.1, 0.15) is 41.3 Å². The molecule has 1 saturated heterocycles. The zero-order valence-electron chi connectivity index (χ0n) is 12.5. The Balaban J connectivity index is 2.34. The van der Waals surface area contributed by atoms with Gasteiger partial charge in [-0.3, -0.25) is 9.59 Å². The van der Waals surface area contributed by atoms with Gasteiger partial charge in [0.2, 0.25) is 5.91 Å². The summed E-state index contributed by atoms with van der Waals surface area (Å²) in [5.74, 6) is 0.804. The summed E-state index contributed by atoms with van der Waals surface area (Å²) in [4.78, 5) is 26.0. The normalized spacial score (nSPS) is 18.2. The van der Waals surface area contributed by atoms with E-state index in [0.29, 0.717) is 12.1 Å². The van der Waals surface area contributed by atoms with Crippen LogP contribution in [0.25, 0.3) is 0 Å². The summed E-state index contributed by atoms with van der Waals surface area (Å²) in [5, 5.41) is 0. The minimum atomic E-state index is -0.306. The predicted molar refractivity (Wildman–Crippen MR) is 77.2 cm³/mol. The SMILES string of the molecule is COc1cc(C)c(C(=O)C2CCCN2C(C)=O)cc1C. The van der Waals surface area contributed by atoms with Crippen molar-refractivity contribution in [3.63, 3.8) is 0 Å². The highest BCUT2D eigenvalue weighted by molar-refractivity contribution is 6.03. The van der Waals surface area contributed by atoms with Crippen LogP contribution in [0.2, 0.25) is 0 Å². The standard InChI is InChI=1S/C16H21NO3/c1-10-9-15(20-4)11(2)8-13(10)16(19)14-6-5-7-17(14)12(3)18/h8-9,14H,5-7H2,1-4H3. The number of hydrogen-bond donors (Lipinski definition) is 0. The maximum atomic E-state index is 12.7. The van der Waals surface area contributed by atoms with Gasteiger partial charge in [-0.05, 0) is 49.9 Å². The van der Waals surface area contributed by atoms with E-state index in [1.54, 1.807) is 12.0 Å². The van der Waals surface area contributed by atoms with Gasteiger partial charge in [0.15, 0.2) is 5.78 Å². The number of Topliss-reactive ketones (excluding diaryl/α,β-unsaturated/α-hetero) is 1. The van der Waals surface area contributed by atoms with E-state index >= 15 is 0 Å². The largest absolute Gasteiger partial charge is 0.496 e. The number of carbonyl (C=O) groups is 2. The summed E-state index contributed by atoms with van der Waals surface area (Å²) in [5.41, 5.74) is 2.53. The molecule has 4 heteroatoms. The Hall–Kier alpha value is -1.84. The Bertz CT molecular complexity index is 551. The topological polar surface area (TPSA) is 46.6 Å². The molecule has 0 saturated carbocycles. The van der Waals surface area contributed by atoms with Crippen molar-refractivity contribution >= 4 is 11.7 Å². The van der Waals surface area contributed by atoms with Crippen LogP contribution in [0, 0.1) is 13.8 Å². The molecule has 0 aromatic heterocycles. The molecule has 0 N–H and O–H groups in total. The molecule has 1 aliphatic heterocycles. The molecule has 4 nitrogen and oxygen atoms in total. The van der Waals surface area contributed by atoms with Crippen LogP contribution in [-0.4, -0.2) is 36.3 Å². The second-order valence-electron chi connectivity index (χ2n) is 5.37. The van der Waals surface area contributed by atoms with Crippen molar-refractivity contribution in [3.05, 3.63) is 28.8 Å². The van der Waals surface area contributed by atoms with Crippen LogP contribution < -0.4 is 4.74 Å². The lowest BCUT2D eigenvalue weighted by atomic mass is 9.96. The first-order valence-corrected chi connectivity index (χ1v) is 6.92. The van der Waals surface area contributed by atoms with Gasteiger partial charge in [0.1, 0.15) is 5.75 Å². The monoisotopic (exact) mass is 275 g/mol. The Labute approximate surface area is 119 Å². The average molecular weight is 275 g/mol. The minimum Gasteiger partial charge on any atom is -0.496 e. The minimum absolute atomic E-state index is 0.0243. The van der Waals surface area contributed by atoms with Crippen LogP contribution in [-0.2, 0) is 4.79 Å². The Kier molecular flexibility index (Phi) is 4.12. The molecule has 0 aliphatic carbocycles. The van der Waals surface area contributed by atoms with Crippen molar-refractivity contribution in [3.8, 4) is 5.75 Å². The maximum Gasteiger partial charge on any atom is 0.220 e. The van der Waals surface area contributed by atoms with E-state index < -0.39 is 0 Å². The molecule has 108 valence electrons. The van der Waals surface area contributed by atoms with Crippen molar-refractivity contribution in [2.45, 2.75) is 39.7 Å². The average Bonchev–Trinajstić information content (AvgIpc) is 2.89. The van der Waals surface area contributed by atoms with Crippen molar-refractivity contribution < 1.29 is 14.3 Å². The lowest BCUT2D eigenvalue weighted by Crippen LogP contribution is -2.39. The van der Waals surface area contributed by atoms with Crippen LogP contribution in [0.5, 0.6) is 5.75 Å². The van der Waals surface area contributed by atoms with E-state index in [1.807, 2.05) is 26.0 Å². The molecule has 1 aliphatic rings. The van der Waals surface area contributed by atoms with Gasteiger partial charge in [0.05, 0.1) is 13.2 Å². The molecule has 20 heavy (non-hydrogen) atoms. The lowest BCUT2D eigenvalue weighted by molar-refractivity contribution is -0.128. The third kappa shape index (κ3) is 2.55. The molecule has 1 aromatic rings. The maximum absolute atomic E-state index is 12.7. The number of methoxy groups -OCH3 is 1. The number of carbonyl (C=O) groups excluding carboxylic acids is 2. The van der Waals surface area contributed by atoms with Crippen LogP contribution in [0.15, 0.2) is 12.1 Å². The van der Waals surface area contributed by atoms with Crippen molar-refractivity contribution in [2.24, 2.45) is 0 Å². The van der Waals surface area contributed by atoms with E-state index in [4.69, 9.17) is 4.74 Å². The highest BCUT2D eigenvalue weighted by Crippen LogP contribution is 2.27. The summed E-state index contributed by atoms with van der Waals surface area (Å²) in [6, 6.07) is 3.45. The molecular formula is C16H21NO3. The van der Waals surface area contributed by atoms with Gasteiger partial charge in [-0.1, -0.05) is 0 Å². The number of hydrogen-bond acceptors (Lipinski definition) is 3. The van der Waals surface area contributed by atoms with Gasteiger partial charge in [0.25, 0.3) is 0 Å². The Morgan fingerprint density at radius 2 is 1.95 bits per heavy atom. The molecule has 0 radical (unpaired) electrons. The molecule has 1 fully saturated rings. The first kappa shape index (κ1) is 14.6. The van der Waals surface area contributed by atoms with Gasteiger partial charge in [0, 0.05) is 19.0 Å². The van der Waals surface area contributed by atoms with Gasteiger partial charge >= 0.3 is 0 Å². The van der Waals surface area contributed by atoms with E-state index in [2.05, 4.69) is 0 Å². The third-order valence-corrected chi connectivity index (χ3v) is 3.97. The van der Waals surface area contributed by atoms with Gasteiger partial charge in [-0.2, -0.15) is 0 Å². The summed E-state index contributed by atoms with van der Waals surface area (Å²) in [6.45, 7) is 6.03. The zero-order valence-corrected chi connectivity index (χ0v) is 12.5. The fourth-order valence-electron chi connectivity index (χ4n) is 2.87. The molecule has 1 amide bonds. The predicted octanol–water partition coefficient (Wildman–Crippen LogP) is 2.51. The van der Waals surface area contributed by atoms with Gasteiger partial charge in [-0.15, -0.1) is 0 Å². The van der Waals surface area contributed by atoms with Crippen molar-refractivity contribution in [2.75, 3.05) is 13.7 Å². The molecule has 1 heterocycles. The van der Waals surface area contributed by atoms with Crippen LogP contribution in [0.4, 0.5) is 0 Å². The van der Waals surface area contributed by atoms with E-state index in [-0.39, 0.29) is 17.7 Å². The third-order valence-electron chi connectivity index (χ3n) is 3.97. The first-order valence-electron chi connectivity index (χ1n) is 6.92. The smallest absolute Gasteiger partial charge is 0.220 e. The van der Waals surface area contributed by atoms with E-state index in [9.17, 15) is 9.59 Å². The molecular weight excluding hydrogens is 254 g/mol. The van der Waals surface area contributed by atoms with Gasteiger partial charge in [-0.25, -0.2) is 0 Å². The number of ketones is 1. The molecule has 0 spiro atoms. The molecule has 2 rings (SSSR count). The van der Waals surface area contributed by atoms with Crippen LogP contribution in [0.3, 0.4) is 0 Å². The van der Waals surface area contributed by atoms with Gasteiger partial charge < -0.3 is 9.64 Å². The summed E-state index contributed by atoms with van der Waals surface area (Å²) in [7, 11) is 1.62. The number of amides is 1. The summed E-state index contributed by atoms with van der Waals surface area (Å²) >= 11 is 0. The summed E-state index contributed by atoms with van der Waals surface area (Å²) < 4.78 is 5.27. The number of nitrogens with zero attached hydrogens (tertiary/aromatic N) is 1. The number of aryl methyl sites for hydroxylation is 2. The number of ether oxygens (including phenoxy) is 1. The second kappa shape index (κ2) is 5.65. The van der Waals surface area contributed by atoms with E-state index in [0.717, 1.165) is 29.7 Å². The van der Waals surface area contributed by atoms with E-state index in [1.165, 1.54) is 6.92 Å². The number of rotatable bonds is 3. The lowest BCUT2D eigenvalue weighted by Gasteiger charge is -2.23. The first-order chi connectivity index (χ1) is 9.45. The molecule has 1 aromatic carbocycles. The quantitative estimate of drug-likeness (QED) is 0.796. The molecule has 0 bridgehead atoms. The molecule has 1 atom stereocenters. The van der Waals surface area contributed by atoms with Crippen LogP contribution >= 0.6 is 0 Å².